The summed E-state index contributed by atoms with van der Waals surface area (Å²) in [6, 6.07) is 8.97. The highest BCUT2D eigenvalue weighted by Gasteiger charge is 2.11. The molecule has 0 N–H and O–H groups in total. The number of rotatable bonds is 5. The van der Waals surface area contributed by atoms with E-state index in [1.807, 2.05) is 0 Å². The number of ether oxygens (including phenoxy) is 2. The molecule has 110 valence electrons. The van der Waals surface area contributed by atoms with Gasteiger partial charge in [0.1, 0.15) is 23.9 Å². The summed E-state index contributed by atoms with van der Waals surface area (Å²) in [4.78, 5) is 11.6. The molecule has 0 unspecified atom stereocenters. The predicted octanol–water partition coefficient (Wildman–Crippen LogP) is 4.27. The van der Waals surface area contributed by atoms with Crippen molar-refractivity contribution in [3.63, 3.8) is 0 Å². The number of hydrogen-bond donors (Lipinski definition) is 0. The van der Waals surface area contributed by atoms with Gasteiger partial charge in [-0.1, -0.05) is 11.6 Å². The molecular weight excluding hydrogens is 295 g/mol. The third-order valence-electron chi connectivity index (χ3n) is 2.96. The zero-order chi connectivity index (χ0) is 15.4. The minimum absolute atomic E-state index is 0.0596. The van der Waals surface area contributed by atoms with Crippen molar-refractivity contribution in [3.05, 3.63) is 58.4 Å². The van der Waals surface area contributed by atoms with Gasteiger partial charge in [-0.25, -0.2) is 4.39 Å². The largest absolute Gasteiger partial charge is 0.497 e. The first-order chi connectivity index (χ1) is 10.0. The Kier molecular flexibility index (Phi) is 4.81. The molecule has 0 aliphatic carbocycles. The summed E-state index contributed by atoms with van der Waals surface area (Å²) in [5.74, 6) is 0.427. The van der Waals surface area contributed by atoms with E-state index < -0.39 is 5.82 Å². The van der Waals surface area contributed by atoms with E-state index in [2.05, 4.69) is 0 Å². The molecular formula is C16H14ClFO3. The van der Waals surface area contributed by atoms with Crippen LogP contribution in [0.15, 0.2) is 36.4 Å². The molecule has 0 amide bonds. The van der Waals surface area contributed by atoms with Crippen molar-refractivity contribution in [2.24, 2.45) is 0 Å². The smallest absolute Gasteiger partial charge is 0.163 e. The summed E-state index contributed by atoms with van der Waals surface area (Å²) in [6.07, 6.45) is 0. The average Bonchev–Trinajstić information content (AvgIpc) is 2.47. The minimum Gasteiger partial charge on any atom is -0.497 e. The van der Waals surface area contributed by atoms with Crippen LogP contribution in [0.2, 0.25) is 5.02 Å². The standard InChI is InChI=1S/C16H14ClFO3/c1-10(19)14-5-4-13(20-2)8-16(14)21-9-11-7-12(18)3-6-15(11)17/h3-8H,9H2,1-2H3. The molecule has 0 heterocycles. The molecule has 5 heteroatoms. The van der Waals surface area contributed by atoms with Crippen LogP contribution in [0.4, 0.5) is 4.39 Å². The number of carbonyl (C=O) groups excluding carboxylic acids is 1. The average molecular weight is 309 g/mol. The van der Waals surface area contributed by atoms with Gasteiger partial charge < -0.3 is 9.47 Å². The van der Waals surface area contributed by atoms with E-state index in [1.165, 1.54) is 32.2 Å². The van der Waals surface area contributed by atoms with Crippen LogP contribution in [0.25, 0.3) is 0 Å². The van der Waals surface area contributed by atoms with Crippen molar-refractivity contribution >= 4 is 17.4 Å². The molecule has 0 fully saturated rings. The maximum atomic E-state index is 13.2. The van der Waals surface area contributed by atoms with Crippen molar-refractivity contribution in [1.82, 2.24) is 0 Å². The van der Waals surface area contributed by atoms with E-state index in [-0.39, 0.29) is 12.4 Å². The van der Waals surface area contributed by atoms with Gasteiger partial charge in [0.05, 0.1) is 12.7 Å². The second kappa shape index (κ2) is 6.59. The lowest BCUT2D eigenvalue weighted by atomic mass is 10.1. The Morgan fingerprint density at radius 1 is 1.24 bits per heavy atom. The highest BCUT2D eigenvalue weighted by molar-refractivity contribution is 6.31. The highest BCUT2D eigenvalue weighted by Crippen LogP contribution is 2.27. The van der Waals surface area contributed by atoms with Gasteiger partial charge in [0, 0.05) is 16.7 Å². The lowest BCUT2D eigenvalue weighted by Gasteiger charge is -2.12. The second-order valence-corrected chi connectivity index (χ2v) is 4.85. The Bertz CT molecular complexity index is 671. The van der Waals surface area contributed by atoms with Gasteiger partial charge in [-0.2, -0.15) is 0 Å². The Labute approximate surface area is 127 Å². The van der Waals surface area contributed by atoms with Crippen molar-refractivity contribution in [2.75, 3.05) is 7.11 Å². The first-order valence-electron chi connectivity index (χ1n) is 6.27. The van der Waals surface area contributed by atoms with Gasteiger partial charge in [-0.15, -0.1) is 0 Å². The van der Waals surface area contributed by atoms with Crippen LogP contribution >= 0.6 is 11.6 Å². The molecule has 0 bridgehead atoms. The van der Waals surface area contributed by atoms with Crippen molar-refractivity contribution < 1.29 is 18.7 Å². The molecule has 0 aromatic heterocycles. The number of benzene rings is 2. The summed E-state index contributed by atoms with van der Waals surface area (Å²) < 4.78 is 23.9. The third kappa shape index (κ3) is 3.73. The van der Waals surface area contributed by atoms with Gasteiger partial charge in [0.25, 0.3) is 0 Å². The first kappa shape index (κ1) is 15.3. The summed E-state index contributed by atoms with van der Waals surface area (Å²) in [7, 11) is 1.52. The molecule has 0 spiro atoms. The number of hydrogen-bond acceptors (Lipinski definition) is 3. The maximum absolute atomic E-state index is 13.2. The van der Waals surface area contributed by atoms with E-state index in [9.17, 15) is 9.18 Å². The minimum atomic E-state index is -0.393. The third-order valence-corrected chi connectivity index (χ3v) is 3.33. The Morgan fingerprint density at radius 2 is 2.00 bits per heavy atom. The molecule has 0 saturated heterocycles. The molecule has 0 aliphatic rings. The van der Waals surface area contributed by atoms with Crippen LogP contribution in [0, 0.1) is 5.82 Å². The lowest BCUT2D eigenvalue weighted by Crippen LogP contribution is -2.03. The lowest BCUT2D eigenvalue weighted by molar-refractivity contribution is 0.101. The summed E-state index contributed by atoms with van der Waals surface area (Å²) >= 11 is 5.99. The van der Waals surface area contributed by atoms with Crippen LogP contribution in [0.1, 0.15) is 22.8 Å². The zero-order valence-corrected chi connectivity index (χ0v) is 12.4. The summed E-state index contributed by atoms with van der Waals surface area (Å²) in [5, 5.41) is 0.406. The fraction of sp³-hybridized carbons (Fsp3) is 0.188. The molecule has 2 aromatic rings. The number of carbonyl (C=O) groups is 1. The zero-order valence-electron chi connectivity index (χ0n) is 11.7. The van der Waals surface area contributed by atoms with Gasteiger partial charge in [0.2, 0.25) is 0 Å². The van der Waals surface area contributed by atoms with Crippen molar-refractivity contribution in [3.8, 4) is 11.5 Å². The molecule has 2 rings (SSSR count). The highest BCUT2D eigenvalue weighted by atomic mass is 35.5. The van der Waals surface area contributed by atoms with E-state index in [1.54, 1.807) is 18.2 Å². The van der Waals surface area contributed by atoms with Gasteiger partial charge in [0.15, 0.2) is 5.78 Å². The van der Waals surface area contributed by atoms with Gasteiger partial charge in [-0.05, 0) is 37.3 Å². The van der Waals surface area contributed by atoms with E-state index in [4.69, 9.17) is 21.1 Å². The molecule has 0 saturated carbocycles. The van der Waals surface area contributed by atoms with Crippen LogP contribution in [-0.4, -0.2) is 12.9 Å². The topological polar surface area (TPSA) is 35.5 Å². The van der Waals surface area contributed by atoms with Crippen molar-refractivity contribution in [1.29, 1.82) is 0 Å². The number of methoxy groups -OCH3 is 1. The molecule has 21 heavy (non-hydrogen) atoms. The van der Waals surface area contributed by atoms with E-state index >= 15 is 0 Å². The Balaban J connectivity index is 2.26. The molecule has 0 atom stereocenters. The van der Waals surface area contributed by atoms with Crippen LogP contribution < -0.4 is 9.47 Å². The maximum Gasteiger partial charge on any atom is 0.163 e. The monoisotopic (exact) mass is 308 g/mol. The molecule has 0 aliphatic heterocycles. The summed E-state index contributed by atoms with van der Waals surface area (Å²) in [6.45, 7) is 1.51. The second-order valence-electron chi connectivity index (χ2n) is 4.44. The summed E-state index contributed by atoms with van der Waals surface area (Å²) in [5.41, 5.74) is 0.942. The molecule has 3 nitrogen and oxygen atoms in total. The number of halogens is 2. The normalized spacial score (nSPS) is 10.3. The fourth-order valence-corrected chi connectivity index (χ4v) is 2.02. The van der Waals surface area contributed by atoms with Gasteiger partial charge in [-0.3, -0.25) is 4.79 Å². The van der Waals surface area contributed by atoms with Crippen LogP contribution in [0.3, 0.4) is 0 Å². The SMILES string of the molecule is COc1ccc(C(C)=O)c(OCc2cc(F)ccc2Cl)c1. The van der Waals surface area contributed by atoms with Crippen molar-refractivity contribution in [2.45, 2.75) is 13.5 Å². The van der Waals surface area contributed by atoms with E-state index in [0.717, 1.165) is 0 Å². The quantitative estimate of drug-likeness (QED) is 0.774. The number of ketones is 1. The fourth-order valence-electron chi connectivity index (χ4n) is 1.85. The predicted molar refractivity (Wildman–Crippen MR) is 78.7 cm³/mol. The molecule has 2 aromatic carbocycles. The van der Waals surface area contributed by atoms with Gasteiger partial charge >= 0.3 is 0 Å². The number of Topliss-reactive ketones (excluding diaryl/α,β-unsaturated/α-hetero) is 1. The van der Waals surface area contributed by atoms with Crippen LogP contribution in [-0.2, 0) is 6.61 Å². The van der Waals surface area contributed by atoms with E-state index in [0.29, 0.717) is 27.6 Å². The first-order valence-corrected chi connectivity index (χ1v) is 6.64. The molecule has 0 radical (unpaired) electrons. The van der Waals surface area contributed by atoms with Crippen LogP contribution in [0.5, 0.6) is 11.5 Å². The Hall–Kier alpha value is -2.07. The Morgan fingerprint density at radius 3 is 2.67 bits per heavy atom.